The number of aliphatic hydroxyl groups is 1. The molecule has 3 heteroatoms. The van der Waals surface area contributed by atoms with E-state index in [0.29, 0.717) is 6.54 Å². The van der Waals surface area contributed by atoms with Crippen LogP contribution in [0.4, 0.5) is 0 Å². The van der Waals surface area contributed by atoms with Crippen LogP contribution in [-0.4, -0.2) is 18.8 Å². The average molecular weight is 273 g/mol. The molecule has 2 rings (SSSR count). The van der Waals surface area contributed by atoms with Gasteiger partial charge in [0.25, 0.3) is 0 Å². The fourth-order valence-corrected chi connectivity index (χ4v) is 2.77. The van der Waals surface area contributed by atoms with Gasteiger partial charge in [-0.15, -0.1) is 0 Å². The third-order valence-electron chi connectivity index (χ3n) is 3.86. The maximum absolute atomic E-state index is 10.8. The SMILES string of the molecule is CCCC(CN)C(O)c1c(OC)ccc2ccccc12. The summed E-state index contributed by atoms with van der Waals surface area (Å²) in [4.78, 5) is 0. The molecule has 2 atom stereocenters. The summed E-state index contributed by atoms with van der Waals surface area (Å²) in [5, 5.41) is 12.9. The molecule has 108 valence electrons. The van der Waals surface area contributed by atoms with Crippen LogP contribution in [0.5, 0.6) is 5.75 Å². The molecule has 0 aliphatic rings. The van der Waals surface area contributed by atoms with E-state index >= 15 is 0 Å². The first-order chi connectivity index (χ1) is 9.72. The van der Waals surface area contributed by atoms with Gasteiger partial charge < -0.3 is 15.6 Å². The largest absolute Gasteiger partial charge is 0.496 e. The molecule has 20 heavy (non-hydrogen) atoms. The minimum Gasteiger partial charge on any atom is -0.496 e. The second-order valence-electron chi connectivity index (χ2n) is 5.13. The molecule has 0 fully saturated rings. The zero-order valence-electron chi connectivity index (χ0n) is 12.2. The maximum Gasteiger partial charge on any atom is 0.125 e. The summed E-state index contributed by atoms with van der Waals surface area (Å²) in [5.41, 5.74) is 6.69. The van der Waals surface area contributed by atoms with Crippen molar-refractivity contribution in [2.24, 2.45) is 11.7 Å². The summed E-state index contributed by atoms with van der Waals surface area (Å²) in [6.07, 6.45) is 1.32. The lowest BCUT2D eigenvalue weighted by molar-refractivity contribution is 0.105. The molecule has 3 N–H and O–H groups in total. The molecule has 2 unspecified atom stereocenters. The highest BCUT2D eigenvalue weighted by atomic mass is 16.5. The van der Waals surface area contributed by atoms with Crippen LogP contribution in [0.2, 0.25) is 0 Å². The fraction of sp³-hybridized carbons (Fsp3) is 0.412. The quantitative estimate of drug-likeness (QED) is 0.849. The van der Waals surface area contributed by atoms with Gasteiger partial charge in [0.15, 0.2) is 0 Å². The zero-order valence-corrected chi connectivity index (χ0v) is 12.2. The number of rotatable bonds is 6. The van der Waals surface area contributed by atoms with Gasteiger partial charge in [0, 0.05) is 11.5 Å². The van der Waals surface area contributed by atoms with Crippen LogP contribution in [0.3, 0.4) is 0 Å². The molecule has 0 saturated carbocycles. The summed E-state index contributed by atoms with van der Waals surface area (Å²) >= 11 is 0. The molecule has 0 radical (unpaired) electrons. The van der Waals surface area contributed by atoms with Crippen LogP contribution in [0.25, 0.3) is 10.8 Å². The van der Waals surface area contributed by atoms with Crippen molar-refractivity contribution in [3.63, 3.8) is 0 Å². The Morgan fingerprint density at radius 2 is 1.95 bits per heavy atom. The smallest absolute Gasteiger partial charge is 0.125 e. The van der Waals surface area contributed by atoms with Crippen molar-refractivity contribution in [2.45, 2.75) is 25.9 Å². The number of methoxy groups -OCH3 is 1. The van der Waals surface area contributed by atoms with E-state index in [2.05, 4.69) is 6.92 Å². The van der Waals surface area contributed by atoms with E-state index in [1.165, 1.54) is 0 Å². The molecule has 0 spiro atoms. The molecule has 0 aliphatic carbocycles. The number of aliphatic hydroxyl groups excluding tert-OH is 1. The van der Waals surface area contributed by atoms with Gasteiger partial charge in [0.2, 0.25) is 0 Å². The number of hydrogen-bond acceptors (Lipinski definition) is 3. The Morgan fingerprint density at radius 3 is 2.60 bits per heavy atom. The van der Waals surface area contributed by atoms with Crippen molar-refractivity contribution >= 4 is 10.8 Å². The van der Waals surface area contributed by atoms with Crippen LogP contribution in [0.15, 0.2) is 36.4 Å². The Hall–Kier alpha value is -1.58. The van der Waals surface area contributed by atoms with Gasteiger partial charge in [0.05, 0.1) is 13.2 Å². The van der Waals surface area contributed by atoms with Crippen molar-refractivity contribution < 1.29 is 9.84 Å². The normalized spacial score (nSPS) is 14.2. The highest BCUT2D eigenvalue weighted by Gasteiger charge is 2.24. The third kappa shape index (κ3) is 2.79. The first kappa shape index (κ1) is 14.8. The van der Waals surface area contributed by atoms with E-state index in [1.807, 2.05) is 36.4 Å². The first-order valence-corrected chi connectivity index (χ1v) is 7.16. The second-order valence-corrected chi connectivity index (χ2v) is 5.13. The van der Waals surface area contributed by atoms with Crippen molar-refractivity contribution in [3.05, 3.63) is 42.0 Å². The number of benzene rings is 2. The highest BCUT2D eigenvalue weighted by Crippen LogP contribution is 2.37. The summed E-state index contributed by atoms with van der Waals surface area (Å²) in [6, 6.07) is 12.0. The van der Waals surface area contributed by atoms with Gasteiger partial charge in [-0.05, 0) is 29.8 Å². The Balaban J connectivity index is 2.55. The summed E-state index contributed by atoms with van der Waals surface area (Å²) in [5.74, 6) is 0.783. The van der Waals surface area contributed by atoms with E-state index in [-0.39, 0.29) is 5.92 Å². The number of nitrogens with two attached hydrogens (primary N) is 1. The topological polar surface area (TPSA) is 55.5 Å². The van der Waals surface area contributed by atoms with Gasteiger partial charge >= 0.3 is 0 Å². The lowest BCUT2D eigenvalue weighted by atomic mass is 9.88. The predicted molar refractivity (Wildman–Crippen MR) is 82.9 cm³/mol. The highest BCUT2D eigenvalue weighted by molar-refractivity contribution is 5.88. The fourth-order valence-electron chi connectivity index (χ4n) is 2.77. The van der Waals surface area contributed by atoms with E-state index in [1.54, 1.807) is 7.11 Å². The van der Waals surface area contributed by atoms with E-state index in [0.717, 1.165) is 34.9 Å². The summed E-state index contributed by atoms with van der Waals surface area (Å²) in [7, 11) is 1.64. The van der Waals surface area contributed by atoms with Crippen LogP contribution < -0.4 is 10.5 Å². The van der Waals surface area contributed by atoms with Crippen LogP contribution in [-0.2, 0) is 0 Å². The summed E-state index contributed by atoms with van der Waals surface area (Å²) < 4.78 is 5.45. The van der Waals surface area contributed by atoms with E-state index in [9.17, 15) is 5.11 Å². The molecule has 0 bridgehead atoms. The Kier molecular flexibility index (Phi) is 4.99. The molecule has 0 saturated heterocycles. The minimum atomic E-state index is -0.596. The molecule has 2 aromatic carbocycles. The van der Waals surface area contributed by atoms with Crippen molar-refractivity contribution in [3.8, 4) is 5.75 Å². The monoisotopic (exact) mass is 273 g/mol. The Labute approximate surface area is 120 Å². The Morgan fingerprint density at radius 1 is 1.20 bits per heavy atom. The molecule has 2 aromatic rings. The maximum atomic E-state index is 10.8. The molecule has 0 amide bonds. The van der Waals surface area contributed by atoms with Crippen LogP contribution >= 0.6 is 0 Å². The predicted octanol–water partition coefficient (Wildman–Crippen LogP) is 3.26. The lowest BCUT2D eigenvalue weighted by Gasteiger charge is -2.24. The first-order valence-electron chi connectivity index (χ1n) is 7.16. The van der Waals surface area contributed by atoms with Gasteiger partial charge in [0.1, 0.15) is 5.75 Å². The standard InChI is InChI=1S/C17H23NO2/c1-3-6-13(11-18)17(19)16-14-8-5-4-7-12(14)9-10-15(16)20-2/h4-5,7-10,13,17,19H,3,6,11,18H2,1-2H3. The minimum absolute atomic E-state index is 0.0553. The molecule has 3 nitrogen and oxygen atoms in total. The third-order valence-corrected chi connectivity index (χ3v) is 3.86. The van der Waals surface area contributed by atoms with Crippen molar-refractivity contribution in [1.82, 2.24) is 0 Å². The number of fused-ring (bicyclic) bond motifs is 1. The molecule has 0 heterocycles. The second kappa shape index (κ2) is 6.73. The molecular weight excluding hydrogens is 250 g/mol. The number of hydrogen-bond donors (Lipinski definition) is 2. The number of ether oxygens (including phenoxy) is 1. The Bertz CT molecular complexity index is 568. The lowest BCUT2D eigenvalue weighted by Crippen LogP contribution is -2.22. The average Bonchev–Trinajstić information content (AvgIpc) is 2.50. The molecular formula is C17H23NO2. The van der Waals surface area contributed by atoms with Gasteiger partial charge in [-0.3, -0.25) is 0 Å². The van der Waals surface area contributed by atoms with E-state index < -0.39 is 6.10 Å². The van der Waals surface area contributed by atoms with Crippen LogP contribution in [0, 0.1) is 5.92 Å². The van der Waals surface area contributed by atoms with Crippen LogP contribution in [0.1, 0.15) is 31.4 Å². The van der Waals surface area contributed by atoms with Crippen molar-refractivity contribution in [1.29, 1.82) is 0 Å². The molecule has 0 aromatic heterocycles. The van der Waals surface area contributed by atoms with Crippen molar-refractivity contribution in [2.75, 3.05) is 13.7 Å². The summed E-state index contributed by atoms with van der Waals surface area (Å²) in [6.45, 7) is 2.58. The van der Waals surface area contributed by atoms with Gasteiger partial charge in [-0.1, -0.05) is 43.7 Å². The molecule has 0 aliphatic heterocycles. The van der Waals surface area contributed by atoms with Gasteiger partial charge in [-0.25, -0.2) is 0 Å². The van der Waals surface area contributed by atoms with E-state index in [4.69, 9.17) is 10.5 Å². The zero-order chi connectivity index (χ0) is 14.5. The van der Waals surface area contributed by atoms with Gasteiger partial charge in [-0.2, -0.15) is 0 Å².